The van der Waals surface area contributed by atoms with E-state index in [4.69, 9.17) is 0 Å². The van der Waals surface area contributed by atoms with E-state index in [0.29, 0.717) is 47.2 Å². The second-order valence-electron chi connectivity index (χ2n) is 16.5. The van der Waals surface area contributed by atoms with Crippen LogP contribution in [0.3, 0.4) is 0 Å². The van der Waals surface area contributed by atoms with E-state index in [0.717, 1.165) is 38.8 Å². The summed E-state index contributed by atoms with van der Waals surface area (Å²) >= 11 is 0. The van der Waals surface area contributed by atoms with Gasteiger partial charge in [0.15, 0.2) is 0 Å². The van der Waals surface area contributed by atoms with Crippen molar-refractivity contribution in [3.63, 3.8) is 0 Å². The minimum Gasteiger partial charge on any atom is -0.354 e. The number of fused-ring (bicyclic) bond motifs is 7. The smallest absolute Gasteiger partial charge is 0.226 e. The number of nitrogens with one attached hydrogen (secondary N) is 1. The molecular formula is C34H58N2O2. The van der Waals surface area contributed by atoms with Gasteiger partial charge in [-0.15, -0.1) is 0 Å². The molecule has 0 saturated heterocycles. The molecule has 216 valence electrons. The van der Waals surface area contributed by atoms with Crippen molar-refractivity contribution in [2.45, 2.75) is 113 Å². The second-order valence-corrected chi connectivity index (χ2v) is 16.5. The molecule has 0 heterocycles. The van der Waals surface area contributed by atoms with Crippen molar-refractivity contribution in [1.29, 1.82) is 0 Å². The molecule has 0 bridgehead atoms. The number of carbonyl (C=O) groups excluding carboxylic acids is 2. The van der Waals surface area contributed by atoms with E-state index in [1.807, 2.05) is 0 Å². The molecule has 0 unspecified atom stereocenters. The standard InChI is InChI=1S/C34H58N2O2/c1-22(2)23-12-17-34(29(38)35-20-21-36(8)9)19-18-32(6)24(28(23)34)10-11-26-31(5)15-14-27(37)30(3,4)25(31)13-16-33(26,32)7/h22-26,28H,10-21H2,1-9H3,(H,35,38)/t23-,24+,25-,26+,28+,31-,32+,33+,34-/m0/s1. The first-order valence-electron chi connectivity index (χ1n) is 16.1. The predicted molar refractivity (Wildman–Crippen MR) is 156 cm³/mol. The molecule has 5 saturated carbocycles. The predicted octanol–water partition coefficient (Wildman–Crippen LogP) is 6.97. The summed E-state index contributed by atoms with van der Waals surface area (Å²) in [6.07, 6.45) is 11.4. The van der Waals surface area contributed by atoms with Gasteiger partial charge < -0.3 is 10.2 Å². The molecule has 5 fully saturated rings. The third kappa shape index (κ3) is 3.77. The first-order chi connectivity index (χ1) is 17.6. The zero-order valence-electron chi connectivity index (χ0n) is 26.2. The summed E-state index contributed by atoms with van der Waals surface area (Å²) in [5.74, 6) is 4.47. The fraction of sp³-hybridized carbons (Fsp3) is 0.941. The maximum Gasteiger partial charge on any atom is 0.226 e. The van der Waals surface area contributed by atoms with Gasteiger partial charge in [-0.3, -0.25) is 9.59 Å². The molecule has 4 nitrogen and oxygen atoms in total. The zero-order chi connectivity index (χ0) is 27.9. The van der Waals surface area contributed by atoms with Crippen LogP contribution in [0.15, 0.2) is 0 Å². The van der Waals surface area contributed by atoms with Crippen LogP contribution in [0, 0.1) is 62.6 Å². The van der Waals surface area contributed by atoms with E-state index >= 15 is 0 Å². The maximum atomic E-state index is 14.1. The van der Waals surface area contributed by atoms with Crippen LogP contribution in [0.4, 0.5) is 0 Å². The van der Waals surface area contributed by atoms with Gasteiger partial charge >= 0.3 is 0 Å². The topological polar surface area (TPSA) is 49.4 Å². The fourth-order valence-electron chi connectivity index (χ4n) is 12.2. The Bertz CT molecular complexity index is 956. The van der Waals surface area contributed by atoms with Gasteiger partial charge in [-0.1, -0.05) is 48.5 Å². The van der Waals surface area contributed by atoms with Gasteiger partial charge in [0.05, 0.1) is 5.41 Å². The highest BCUT2D eigenvalue weighted by Crippen LogP contribution is 2.77. The molecule has 4 heteroatoms. The summed E-state index contributed by atoms with van der Waals surface area (Å²) in [6.45, 7) is 18.9. The summed E-state index contributed by atoms with van der Waals surface area (Å²) in [5, 5.41) is 3.42. The Morgan fingerprint density at radius 3 is 2.26 bits per heavy atom. The molecule has 0 aromatic rings. The van der Waals surface area contributed by atoms with Crippen molar-refractivity contribution >= 4 is 11.7 Å². The van der Waals surface area contributed by atoms with Gasteiger partial charge in [0.1, 0.15) is 5.78 Å². The summed E-state index contributed by atoms with van der Waals surface area (Å²) < 4.78 is 0. The fourth-order valence-corrected chi connectivity index (χ4v) is 12.2. The molecule has 0 radical (unpaired) electrons. The minimum absolute atomic E-state index is 0.172. The van der Waals surface area contributed by atoms with Crippen molar-refractivity contribution in [2.75, 3.05) is 27.2 Å². The normalized spacial score (nSPS) is 47.8. The van der Waals surface area contributed by atoms with Crippen LogP contribution in [-0.2, 0) is 9.59 Å². The van der Waals surface area contributed by atoms with Crippen LogP contribution >= 0.6 is 0 Å². The molecule has 1 N–H and O–H groups in total. The van der Waals surface area contributed by atoms with Crippen molar-refractivity contribution in [3.8, 4) is 0 Å². The number of carbonyl (C=O) groups is 2. The number of hydrogen-bond acceptors (Lipinski definition) is 3. The molecule has 1 amide bonds. The van der Waals surface area contributed by atoms with Gasteiger partial charge in [-0.25, -0.2) is 0 Å². The van der Waals surface area contributed by atoms with Gasteiger partial charge in [-0.05, 0) is 124 Å². The van der Waals surface area contributed by atoms with Crippen molar-refractivity contribution in [1.82, 2.24) is 10.2 Å². The Morgan fingerprint density at radius 1 is 0.895 bits per heavy atom. The van der Waals surface area contributed by atoms with Gasteiger partial charge in [0, 0.05) is 24.9 Å². The van der Waals surface area contributed by atoms with Crippen LogP contribution in [0.2, 0.25) is 0 Å². The Kier molecular flexibility index (Phi) is 7.02. The maximum absolute atomic E-state index is 14.1. The van der Waals surface area contributed by atoms with E-state index < -0.39 is 0 Å². The summed E-state index contributed by atoms with van der Waals surface area (Å²) in [5.41, 5.74) is 0.450. The Labute approximate surface area is 233 Å². The van der Waals surface area contributed by atoms with E-state index in [2.05, 4.69) is 72.8 Å². The van der Waals surface area contributed by atoms with Crippen molar-refractivity contribution in [2.24, 2.45) is 62.6 Å². The number of Topliss-reactive ketones (excluding diaryl/α,β-unsaturated/α-hetero) is 1. The van der Waals surface area contributed by atoms with Crippen LogP contribution in [0.25, 0.3) is 0 Å². The molecule has 0 spiro atoms. The summed E-state index contributed by atoms with van der Waals surface area (Å²) in [4.78, 5) is 29.3. The highest BCUT2D eigenvalue weighted by Gasteiger charge is 2.71. The lowest BCUT2D eigenvalue weighted by Gasteiger charge is -2.72. The third-order valence-electron chi connectivity index (χ3n) is 14.4. The molecule has 38 heavy (non-hydrogen) atoms. The van der Waals surface area contributed by atoms with Crippen LogP contribution in [0.1, 0.15) is 113 Å². The number of nitrogens with zero attached hydrogens (tertiary/aromatic N) is 1. The Hall–Kier alpha value is -0.900. The summed E-state index contributed by atoms with van der Waals surface area (Å²) in [6, 6.07) is 0. The second kappa shape index (κ2) is 9.31. The van der Waals surface area contributed by atoms with E-state index in [-0.39, 0.29) is 27.1 Å². The molecular weight excluding hydrogens is 468 g/mol. The number of likely N-dealkylation sites (N-methyl/N-ethyl adjacent to an activating group) is 1. The number of hydrogen-bond donors (Lipinski definition) is 1. The monoisotopic (exact) mass is 526 g/mol. The van der Waals surface area contributed by atoms with Gasteiger partial charge in [0.2, 0.25) is 5.91 Å². The van der Waals surface area contributed by atoms with Crippen LogP contribution in [0.5, 0.6) is 0 Å². The number of ketones is 1. The molecule has 5 aliphatic carbocycles. The van der Waals surface area contributed by atoms with E-state index in [1.54, 1.807) is 0 Å². The first-order valence-corrected chi connectivity index (χ1v) is 16.1. The lowest BCUT2D eigenvalue weighted by Crippen LogP contribution is -2.67. The largest absolute Gasteiger partial charge is 0.354 e. The average Bonchev–Trinajstić information content (AvgIpc) is 3.23. The quantitative estimate of drug-likeness (QED) is 0.421. The SMILES string of the molecule is CC(C)[C@@H]1CC[C@]2(C(=O)NCCN(C)C)CC[C@]3(C)[C@H](CC[C@@H]4[C@@]5(C)CCC(=O)C(C)(C)[C@@H]5CC[C@]43C)[C@@H]12. The molecule has 0 aliphatic heterocycles. The first kappa shape index (κ1) is 28.6. The van der Waals surface area contributed by atoms with Crippen molar-refractivity contribution in [3.05, 3.63) is 0 Å². The Morgan fingerprint density at radius 2 is 1.61 bits per heavy atom. The molecule has 0 aromatic heterocycles. The van der Waals surface area contributed by atoms with Crippen LogP contribution in [-0.4, -0.2) is 43.8 Å². The molecule has 9 atom stereocenters. The van der Waals surface area contributed by atoms with Gasteiger partial charge in [0.25, 0.3) is 0 Å². The Balaban J connectivity index is 1.49. The number of amides is 1. The lowest BCUT2D eigenvalue weighted by molar-refractivity contribution is -0.234. The average molecular weight is 527 g/mol. The molecule has 0 aromatic carbocycles. The highest BCUT2D eigenvalue weighted by molar-refractivity contribution is 5.85. The summed E-state index contributed by atoms with van der Waals surface area (Å²) in [7, 11) is 4.17. The highest BCUT2D eigenvalue weighted by atomic mass is 16.2. The lowest BCUT2D eigenvalue weighted by atomic mass is 9.32. The van der Waals surface area contributed by atoms with Crippen LogP contribution < -0.4 is 5.32 Å². The third-order valence-corrected chi connectivity index (χ3v) is 14.4. The van der Waals surface area contributed by atoms with Gasteiger partial charge in [-0.2, -0.15) is 0 Å². The van der Waals surface area contributed by atoms with Crippen molar-refractivity contribution < 1.29 is 9.59 Å². The molecule has 5 aliphatic rings. The zero-order valence-corrected chi connectivity index (χ0v) is 26.2. The van der Waals surface area contributed by atoms with E-state index in [9.17, 15) is 9.59 Å². The number of rotatable bonds is 5. The molecule has 5 rings (SSSR count). The van der Waals surface area contributed by atoms with E-state index in [1.165, 1.54) is 38.5 Å². The minimum atomic E-state index is -0.188.